The molecule has 0 radical (unpaired) electrons. The van der Waals surface area contributed by atoms with Gasteiger partial charge in [0.15, 0.2) is 0 Å². The van der Waals surface area contributed by atoms with Crippen molar-refractivity contribution < 1.29 is 9.59 Å². The summed E-state index contributed by atoms with van der Waals surface area (Å²) in [4.78, 5) is 24.4. The predicted octanol–water partition coefficient (Wildman–Crippen LogP) is 4.14. The van der Waals surface area contributed by atoms with Crippen molar-refractivity contribution in [2.24, 2.45) is 0 Å². The quantitative estimate of drug-likeness (QED) is 0.742. The highest BCUT2D eigenvalue weighted by Gasteiger charge is 2.15. The van der Waals surface area contributed by atoms with Gasteiger partial charge in [-0.05, 0) is 31.0 Å². The third kappa shape index (κ3) is 5.10. The van der Waals surface area contributed by atoms with Crippen molar-refractivity contribution in [2.45, 2.75) is 25.8 Å². The second-order valence-electron chi connectivity index (χ2n) is 5.49. The van der Waals surface area contributed by atoms with Crippen molar-refractivity contribution in [3.63, 3.8) is 0 Å². The lowest BCUT2D eigenvalue weighted by Crippen LogP contribution is -2.28. The van der Waals surface area contributed by atoms with Gasteiger partial charge in [-0.15, -0.1) is 11.6 Å². The highest BCUT2D eigenvalue weighted by Crippen LogP contribution is 2.18. The maximum atomic E-state index is 12.6. The predicted molar refractivity (Wildman–Crippen MR) is 97.3 cm³/mol. The monoisotopic (exact) mass is 344 g/mol. The largest absolute Gasteiger partial charge is 0.345 e. The molecule has 0 aliphatic rings. The number of carbonyl (C=O) groups excluding carboxylic acids is 2. The van der Waals surface area contributed by atoms with Gasteiger partial charge in [-0.1, -0.05) is 42.5 Å². The minimum atomic E-state index is -0.223. The van der Waals surface area contributed by atoms with Crippen LogP contribution in [0.5, 0.6) is 0 Å². The molecule has 0 saturated carbocycles. The van der Waals surface area contributed by atoms with E-state index in [-0.39, 0.29) is 17.9 Å². The average Bonchev–Trinajstić information content (AvgIpc) is 2.61. The van der Waals surface area contributed by atoms with Crippen LogP contribution in [0.15, 0.2) is 54.6 Å². The van der Waals surface area contributed by atoms with Crippen molar-refractivity contribution in [3.8, 4) is 0 Å². The number of rotatable bonds is 7. The molecule has 5 heteroatoms. The smallest absolute Gasteiger partial charge is 0.253 e. The number of amides is 2. The summed E-state index contributed by atoms with van der Waals surface area (Å²) in [6, 6.07) is 16.6. The number of para-hydroxylation sites is 1. The molecule has 1 unspecified atom stereocenters. The molecule has 24 heavy (non-hydrogen) atoms. The average molecular weight is 345 g/mol. The third-order valence-corrected chi connectivity index (χ3v) is 3.90. The van der Waals surface area contributed by atoms with Crippen LogP contribution >= 0.6 is 11.6 Å². The summed E-state index contributed by atoms with van der Waals surface area (Å²) in [6.07, 6.45) is 0.937. The van der Waals surface area contributed by atoms with E-state index in [4.69, 9.17) is 11.6 Å². The van der Waals surface area contributed by atoms with Crippen LogP contribution in [0.3, 0.4) is 0 Å². The van der Waals surface area contributed by atoms with Crippen molar-refractivity contribution in [1.82, 2.24) is 5.32 Å². The molecule has 2 aromatic rings. The van der Waals surface area contributed by atoms with Crippen molar-refractivity contribution in [2.75, 3.05) is 11.2 Å². The Morgan fingerprint density at radius 2 is 1.71 bits per heavy atom. The van der Waals surface area contributed by atoms with Crippen molar-refractivity contribution >= 4 is 29.1 Å². The second-order valence-corrected chi connectivity index (χ2v) is 5.87. The first-order valence-corrected chi connectivity index (χ1v) is 8.46. The minimum absolute atomic E-state index is 0.126. The topological polar surface area (TPSA) is 58.2 Å². The van der Waals surface area contributed by atoms with Gasteiger partial charge in [0.2, 0.25) is 5.91 Å². The van der Waals surface area contributed by atoms with Gasteiger partial charge in [-0.3, -0.25) is 9.59 Å². The van der Waals surface area contributed by atoms with Crippen LogP contribution in [0.25, 0.3) is 0 Å². The van der Waals surface area contributed by atoms with Crippen LogP contribution in [0.2, 0.25) is 0 Å². The van der Waals surface area contributed by atoms with Crippen molar-refractivity contribution in [1.29, 1.82) is 0 Å². The van der Waals surface area contributed by atoms with E-state index < -0.39 is 0 Å². The summed E-state index contributed by atoms with van der Waals surface area (Å²) in [5.74, 6) is 0.0658. The fraction of sp³-hybridized carbons (Fsp3) is 0.263. The van der Waals surface area contributed by atoms with E-state index in [1.807, 2.05) is 37.3 Å². The lowest BCUT2D eigenvalue weighted by molar-refractivity contribution is -0.116. The zero-order valence-electron chi connectivity index (χ0n) is 13.6. The Labute approximate surface area is 147 Å². The first kappa shape index (κ1) is 18.0. The first-order valence-electron chi connectivity index (χ1n) is 7.92. The number of hydrogen-bond donors (Lipinski definition) is 2. The van der Waals surface area contributed by atoms with E-state index in [9.17, 15) is 9.59 Å². The van der Waals surface area contributed by atoms with E-state index in [1.54, 1.807) is 24.3 Å². The maximum Gasteiger partial charge on any atom is 0.253 e. The Hall–Kier alpha value is -2.33. The summed E-state index contributed by atoms with van der Waals surface area (Å²) in [6.45, 7) is 1.93. The normalized spacial score (nSPS) is 11.6. The lowest BCUT2D eigenvalue weighted by Gasteiger charge is -2.16. The fourth-order valence-corrected chi connectivity index (χ4v) is 2.46. The number of halogens is 1. The maximum absolute atomic E-state index is 12.6. The fourth-order valence-electron chi connectivity index (χ4n) is 2.33. The van der Waals surface area contributed by atoms with Crippen LogP contribution in [0.4, 0.5) is 5.69 Å². The van der Waals surface area contributed by atoms with E-state index in [0.29, 0.717) is 30.0 Å². The van der Waals surface area contributed by atoms with Crippen LogP contribution in [-0.4, -0.2) is 17.7 Å². The molecule has 2 N–H and O–H groups in total. The molecular formula is C19H21ClN2O2. The Morgan fingerprint density at radius 3 is 2.42 bits per heavy atom. The Bertz CT molecular complexity index is 689. The minimum Gasteiger partial charge on any atom is -0.345 e. The number of benzene rings is 2. The number of anilines is 1. The molecule has 126 valence electrons. The molecule has 0 fully saturated rings. The summed E-state index contributed by atoms with van der Waals surface area (Å²) in [7, 11) is 0. The summed E-state index contributed by atoms with van der Waals surface area (Å²) in [5.41, 5.74) is 1.98. The third-order valence-electron chi connectivity index (χ3n) is 3.63. The van der Waals surface area contributed by atoms with Crippen molar-refractivity contribution in [3.05, 3.63) is 65.7 Å². The molecular weight excluding hydrogens is 324 g/mol. The molecule has 0 spiro atoms. The molecule has 0 aromatic heterocycles. The number of alkyl halides is 1. The van der Waals surface area contributed by atoms with Gasteiger partial charge in [0.25, 0.3) is 5.91 Å². The van der Waals surface area contributed by atoms with Gasteiger partial charge >= 0.3 is 0 Å². The van der Waals surface area contributed by atoms with E-state index in [1.165, 1.54) is 0 Å². The highest BCUT2D eigenvalue weighted by molar-refractivity contribution is 6.18. The van der Waals surface area contributed by atoms with Crippen LogP contribution in [0, 0.1) is 0 Å². The number of carbonyl (C=O) groups is 2. The van der Waals surface area contributed by atoms with E-state index in [0.717, 1.165) is 5.56 Å². The van der Waals surface area contributed by atoms with Gasteiger partial charge in [0, 0.05) is 12.3 Å². The van der Waals surface area contributed by atoms with Crippen LogP contribution < -0.4 is 10.6 Å². The molecule has 2 rings (SSSR count). The SMILES string of the molecule is CC(NC(=O)c1ccccc1NC(=O)CCCCl)c1ccccc1. The molecule has 1 atom stereocenters. The van der Waals surface area contributed by atoms with E-state index >= 15 is 0 Å². The molecule has 0 heterocycles. The second kappa shape index (κ2) is 9.08. The summed E-state index contributed by atoms with van der Waals surface area (Å²) >= 11 is 5.60. The Balaban J connectivity index is 2.08. The van der Waals surface area contributed by atoms with Gasteiger partial charge < -0.3 is 10.6 Å². The number of nitrogens with one attached hydrogen (secondary N) is 2. The summed E-state index contributed by atoms with van der Waals surface area (Å²) in [5, 5.41) is 5.74. The molecule has 2 aromatic carbocycles. The van der Waals surface area contributed by atoms with E-state index in [2.05, 4.69) is 10.6 Å². The molecule has 0 saturated heterocycles. The molecule has 0 aliphatic heterocycles. The van der Waals surface area contributed by atoms with Crippen LogP contribution in [-0.2, 0) is 4.79 Å². The lowest BCUT2D eigenvalue weighted by atomic mass is 10.1. The number of hydrogen-bond acceptors (Lipinski definition) is 2. The first-order chi connectivity index (χ1) is 11.6. The zero-order valence-corrected chi connectivity index (χ0v) is 14.3. The van der Waals surface area contributed by atoms with Crippen LogP contribution in [0.1, 0.15) is 41.7 Å². The van der Waals surface area contributed by atoms with Gasteiger partial charge in [0.05, 0.1) is 17.3 Å². The standard InChI is InChI=1S/C19H21ClN2O2/c1-14(15-8-3-2-4-9-15)21-19(24)16-10-5-6-11-17(16)22-18(23)12-7-13-20/h2-6,8-11,14H,7,12-13H2,1H3,(H,21,24)(H,22,23). The Morgan fingerprint density at radius 1 is 1.04 bits per heavy atom. The van der Waals surface area contributed by atoms with Gasteiger partial charge in [-0.2, -0.15) is 0 Å². The molecule has 2 amide bonds. The molecule has 0 bridgehead atoms. The van der Waals surface area contributed by atoms with Gasteiger partial charge in [0.1, 0.15) is 0 Å². The molecule has 0 aliphatic carbocycles. The highest BCUT2D eigenvalue weighted by atomic mass is 35.5. The summed E-state index contributed by atoms with van der Waals surface area (Å²) < 4.78 is 0. The Kier molecular flexibility index (Phi) is 6.82. The molecule has 4 nitrogen and oxygen atoms in total. The van der Waals surface area contributed by atoms with Gasteiger partial charge in [-0.25, -0.2) is 0 Å². The zero-order chi connectivity index (χ0) is 17.4.